The molecule has 2 rings (SSSR count). The molecule has 0 amide bonds. The highest BCUT2D eigenvalue weighted by molar-refractivity contribution is 5.63. The summed E-state index contributed by atoms with van der Waals surface area (Å²) in [5, 5.41) is 14.5. The van der Waals surface area contributed by atoms with Gasteiger partial charge in [0.15, 0.2) is 0 Å². The maximum absolute atomic E-state index is 11.1. The lowest BCUT2D eigenvalue weighted by Crippen LogP contribution is -2.33. The van der Waals surface area contributed by atoms with Crippen molar-refractivity contribution in [2.24, 2.45) is 11.8 Å². The van der Waals surface area contributed by atoms with Crippen LogP contribution >= 0.6 is 0 Å². The summed E-state index contributed by atoms with van der Waals surface area (Å²) in [5.41, 5.74) is 1.76. The van der Waals surface area contributed by atoms with Gasteiger partial charge in [-0.15, -0.1) is 0 Å². The SMILES string of the molecule is Cc1ccc(NC2CCC(C)CC2C)c([N+](=O)[O-])c1. The Hall–Kier alpha value is -1.58. The number of hydrogen-bond acceptors (Lipinski definition) is 3. The number of rotatable bonds is 3. The Kier molecular flexibility index (Phi) is 4.08. The Morgan fingerprint density at radius 2 is 2.05 bits per heavy atom. The van der Waals surface area contributed by atoms with Crippen LogP contribution in [0.1, 0.15) is 38.7 Å². The topological polar surface area (TPSA) is 55.2 Å². The summed E-state index contributed by atoms with van der Waals surface area (Å²) in [6.45, 7) is 6.39. The molecule has 0 radical (unpaired) electrons. The number of aryl methyl sites for hydroxylation is 1. The van der Waals surface area contributed by atoms with Crippen LogP contribution in [-0.4, -0.2) is 11.0 Å². The molecule has 104 valence electrons. The van der Waals surface area contributed by atoms with Gasteiger partial charge in [0.05, 0.1) is 4.92 Å². The molecule has 1 aliphatic rings. The van der Waals surface area contributed by atoms with E-state index in [9.17, 15) is 10.1 Å². The predicted molar refractivity (Wildman–Crippen MR) is 77.4 cm³/mol. The summed E-state index contributed by atoms with van der Waals surface area (Å²) in [4.78, 5) is 10.8. The minimum Gasteiger partial charge on any atom is -0.376 e. The van der Waals surface area contributed by atoms with Crippen molar-refractivity contribution in [1.82, 2.24) is 0 Å². The van der Waals surface area contributed by atoms with Crippen LogP contribution in [0, 0.1) is 28.9 Å². The van der Waals surface area contributed by atoms with Crippen molar-refractivity contribution in [1.29, 1.82) is 0 Å². The number of benzene rings is 1. The average molecular weight is 262 g/mol. The third kappa shape index (κ3) is 3.25. The summed E-state index contributed by atoms with van der Waals surface area (Å²) in [7, 11) is 0. The number of hydrogen-bond donors (Lipinski definition) is 1. The van der Waals surface area contributed by atoms with Crippen molar-refractivity contribution in [2.75, 3.05) is 5.32 Å². The maximum Gasteiger partial charge on any atom is 0.292 e. The molecule has 1 saturated carbocycles. The van der Waals surface area contributed by atoms with E-state index in [-0.39, 0.29) is 10.6 Å². The molecule has 1 aliphatic carbocycles. The zero-order chi connectivity index (χ0) is 14.0. The lowest BCUT2D eigenvalue weighted by Gasteiger charge is -2.33. The lowest BCUT2D eigenvalue weighted by molar-refractivity contribution is -0.384. The summed E-state index contributed by atoms with van der Waals surface area (Å²) in [6, 6.07) is 5.74. The van der Waals surface area contributed by atoms with Crippen LogP contribution in [0.3, 0.4) is 0 Å². The third-order valence-electron chi connectivity index (χ3n) is 4.12. The first kappa shape index (κ1) is 13.8. The quantitative estimate of drug-likeness (QED) is 0.658. The maximum atomic E-state index is 11.1. The van der Waals surface area contributed by atoms with Gasteiger partial charge in [0.2, 0.25) is 0 Å². The molecule has 1 aromatic carbocycles. The van der Waals surface area contributed by atoms with E-state index in [1.807, 2.05) is 19.1 Å². The van der Waals surface area contributed by atoms with E-state index in [0.717, 1.165) is 17.9 Å². The van der Waals surface area contributed by atoms with Gasteiger partial charge in [0.1, 0.15) is 5.69 Å². The largest absolute Gasteiger partial charge is 0.376 e. The highest BCUT2D eigenvalue weighted by Gasteiger charge is 2.27. The molecule has 0 spiro atoms. The molecule has 3 atom stereocenters. The third-order valence-corrected chi connectivity index (χ3v) is 4.12. The standard InChI is InChI=1S/C15H22N2O2/c1-10-4-6-13(12(3)8-10)16-14-7-5-11(2)9-15(14)17(18)19/h5,7,9-10,12-13,16H,4,6,8H2,1-3H3. The highest BCUT2D eigenvalue weighted by atomic mass is 16.6. The Labute approximate surface area is 114 Å². The predicted octanol–water partition coefficient (Wildman–Crippen LogP) is 4.14. The molecule has 0 bridgehead atoms. The summed E-state index contributed by atoms with van der Waals surface area (Å²) in [6.07, 6.45) is 3.48. The highest BCUT2D eigenvalue weighted by Crippen LogP contribution is 2.33. The monoisotopic (exact) mass is 262 g/mol. The number of nitro benzene ring substituents is 1. The summed E-state index contributed by atoms with van der Waals surface area (Å²) < 4.78 is 0. The molecule has 1 fully saturated rings. The van der Waals surface area contributed by atoms with Gasteiger partial charge in [-0.1, -0.05) is 19.9 Å². The normalized spacial score (nSPS) is 27.0. The Bertz CT molecular complexity index is 473. The van der Waals surface area contributed by atoms with Crippen molar-refractivity contribution in [3.05, 3.63) is 33.9 Å². The van der Waals surface area contributed by atoms with E-state index in [0.29, 0.717) is 17.6 Å². The molecule has 0 saturated heterocycles. The van der Waals surface area contributed by atoms with Gasteiger partial charge in [0, 0.05) is 12.1 Å². The zero-order valence-electron chi connectivity index (χ0n) is 11.8. The first-order valence-corrected chi connectivity index (χ1v) is 6.99. The second-order valence-electron chi connectivity index (χ2n) is 5.92. The van der Waals surface area contributed by atoms with E-state index in [1.54, 1.807) is 6.07 Å². The van der Waals surface area contributed by atoms with E-state index in [4.69, 9.17) is 0 Å². The van der Waals surface area contributed by atoms with Crippen LogP contribution < -0.4 is 5.32 Å². The van der Waals surface area contributed by atoms with Gasteiger partial charge in [-0.05, 0) is 49.7 Å². The number of anilines is 1. The molecule has 4 nitrogen and oxygen atoms in total. The van der Waals surface area contributed by atoms with Gasteiger partial charge in [-0.25, -0.2) is 0 Å². The second kappa shape index (κ2) is 5.59. The van der Waals surface area contributed by atoms with Crippen molar-refractivity contribution < 1.29 is 4.92 Å². The van der Waals surface area contributed by atoms with Gasteiger partial charge >= 0.3 is 0 Å². The van der Waals surface area contributed by atoms with Crippen LogP contribution in [-0.2, 0) is 0 Å². The fraction of sp³-hybridized carbons (Fsp3) is 0.600. The van der Waals surface area contributed by atoms with E-state index >= 15 is 0 Å². The van der Waals surface area contributed by atoms with Crippen LogP contribution in [0.25, 0.3) is 0 Å². The van der Waals surface area contributed by atoms with E-state index < -0.39 is 0 Å². The van der Waals surface area contributed by atoms with Crippen molar-refractivity contribution in [2.45, 2.75) is 46.1 Å². The van der Waals surface area contributed by atoms with Crippen LogP contribution in [0.2, 0.25) is 0 Å². The molecule has 1 aromatic rings. The molecule has 19 heavy (non-hydrogen) atoms. The molecule has 0 aliphatic heterocycles. The average Bonchev–Trinajstić information content (AvgIpc) is 2.34. The first-order chi connectivity index (χ1) is 8.97. The molecule has 1 N–H and O–H groups in total. The Morgan fingerprint density at radius 1 is 1.32 bits per heavy atom. The van der Waals surface area contributed by atoms with E-state index in [2.05, 4.69) is 19.2 Å². The number of nitro groups is 1. The van der Waals surface area contributed by atoms with E-state index in [1.165, 1.54) is 12.8 Å². The second-order valence-corrected chi connectivity index (χ2v) is 5.92. The summed E-state index contributed by atoms with van der Waals surface area (Å²) in [5.74, 6) is 1.32. The smallest absolute Gasteiger partial charge is 0.292 e. The first-order valence-electron chi connectivity index (χ1n) is 6.99. The lowest BCUT2D eigenvalue weighted by atomic mass is 9.80. The minimum absolute atomic E-state index is 0.186. The molecule has 0 aromatic heterocycles. The Balaban J connectivity index is 2.17. The molecule has 3 unspecified atom stereocenters. The minimum atomic E-state index is -0.300. The molecule has 0 heterocycles. The zero-order valence-corrected chi connectivity index (χ0v) is 11.8. The van der Waals surface area contributed by atoms with Gasteiger partial charge in [-0.2, -0.15) is 0 Å². The fourth-order valence-corrected chi connectivity index (χ4v) is 2.99. The van der Waals surface area contributed by atoms with Crippen molar-refractivity contribution in [3.8, 4) is 0 Å². The summed E-state index contributed by atoms with van der Waals surface area (Å²) >= 11 is 0. The van der Waals surface area contributed by atoms with Crippen molar-refractivity contribution >= 4 is 11.4 Å². The number of nitrogens with zero attached hydrogens (tertiary/aromatic N) is 1. The van der Waals surface area contributed by atoms with Crippen LogP contribution in [0.5, 0.6) is 0 Å². The van der Waals surface area contributed by atoms with Gasteiger partial charge < -0.3 is 5.32 Å². The van der Waals surface area contributed by atoms with Crippen LogP contribution in [0.4, 0.5) is 11.4 Å². The molecular weight excluding hydrogens is 240 g/mol. The fourth-order valence-electron chi connectivity index (χ4n) is 2.99. The number of nitrogens with one attached hydrogen (secondary N) is 1. The van der Waals surface area contributed by atoms with Gasteiger partial charge in [-0.3, -0.25) is 10.1 Å². The van der Waals surface area contributed by atoms with Crippen LogP contribution in [0.15, 0.2) is 18.2 Å². The molecular formula is C15H22N2O2. The Morgan fingerprint density at radius 3 is 2.68 bits per heavy atom. The van der Waals surface area contributed by atoms with Crippen molar-refractivity contribution in [3.63, 3.8) is 0 Å². The van der Waals surface area contributed by atoms with Gasteiger partial charge in [0.25, 0.3) is 5.69 Å². The molecule has 4 heteroatoms.